The lowest BCUT2D eigenvalue weighted by Gasteiger charge is -2.36. The zero-order valence-corrected chi connectivity index (χ0v) is 17.7. The van der Waals surface area contributed by atoms with E-state index in [2.05, 4.69) is 30.0 Å². The normalized spacial score (nSPS) is 14.2. The summed E-state index contributed by atoms with van der Waals surface area (Å²) in [5.74, 6) is -1.56. The number of hydrogen-bond donors (Lipinski definition) is 1. The number of benzene rings is 3. The fourth-order valence-electron chi connectivity index (χ4n) is 4.30. The molecule has 0 aromatic heterocycles. The number of carboxylic acid groups (broad SMARTS) is 1. The number of anilines is 1. The van der Waals surface area contributed by atoms with Crippen molar-refractivity contribution in [2.45, 2.75) is 20.3 Å². The molecule has 1 heterocycles. The van der Waals surface area contributed by atoms with Gasteiger partial charge in [0, 0.05) is 31.9 Å². The molecule has 0 radical (unpaired) electrons. The van der Waals surface area contributed by atoms with Gasteiger partial charge in [-0.2, -0.15) is 0 Å². The minimum Gasteiger partial charge on any atom is -0.481 e. The summed E-state index contributed by atoms with van der Waals surface area (Å²) in [7, 11) is 0. The molecule has 0 aliphatic carbocycles. The number of nitrogens with zero attached hydrogens (tertiary/aromatic N) is 2. The van der Waals surface area contributed by atoms with Gasteiger partial charge in [-0.3, -0.25) is 9.59 Å². The van der Waals surface area contributed by atoms with Gasteiger partial charge in [0.1, 0.15) is 5.82 Å². The summed E-state index contributed by atoms with van der Waals surface area (Å²) in [4.78, 5) is 28.9. The van der Waals surface area contributed by atoms with Crippen molar-refractivity contribution in [3.8, 4) is 0 Å². The molecule has 1 N–H and O–H groups in total. The van der Waals surface area contributed by atoms with Crippen LogP contribution in [0.2, 0.25) is 0 Å². The molecule has 160 valence electrons. The van der Waals surface area contributed by atoms with Gasteiger partial charge in [0.2, 0.25) is 0 Å². The molecule has 1 amide bonds. The van der Waals surface area contributed by atoms with Crippen LogP contribution in [0, 0.1) is 19.7 Å². The molecular formula is C25H25FN2O3. The topological polar surface area (TPSA) is 60.9 Å². The van der Waals surface area contributed by atoms with Crippen molar-refractivity contribution in [1.82, 2.24) is 4.90 Å². The first-order valence-corrected chi connectivity index (χ1v) is 10.4. The molecule has 1 aliphatic heterocycles. The maximum absolute atomic E-state index is 14.0. The highest BCUT2D eigenvalue weighted by Crippen LogP contribution is 2.29. The van der Waals surface area contributed by atoms with Gasteiger partial charge in [0.15, 0.2) is 0 Å². The third kappa shape index (κ3) is 4.24. The van der Waals surface area contributed by atoms with Crippen LogP contribution >= 0.6 is 0 Å². The molecule has 1 fully saturated rings. The predicted octanol–water partition coefficient (Wildman–Crippen LogP) is 4.19. The number of rotatable bonds is 4. The van der Waals surface area contributed by atoms with E-state index >= 15 is 0 Å². The van der Waals surface area contributed by atoms with Gasteiger partial charge in [-0.05, 0) is 65.6 Å². The van der Waals surface area contributed by atoms with Crippen molar-refractivity contribution in [2.75, 3.05) is 31.1 Å². The second-order valence-corrected chi connectivity index (χ2v) is 8.09. The quantitative estimate of drug-likeness (QED) is 0.688. The fourth-order valence-corrected chi connectivity index (χ4v) is 4.30. The Morgan fingerprint density at radius 3 is 2.42 bits per heavy atom. The lowest BCUT2D eigenvalue weighted by Crippen LogP contribution is -2.49. The van der Waals surface area contributed by atoms with Crippen LogP contribution in [0.15, 0.2) is 48.5 Å². The van der Waals surface area contributed by atoms with Crippen molar-refractivity contribution in [1.29, 1.82) is 0 Å². The standard InChI is InChI=1S/C25H25FN2O3/c1-16-4-3-5-21(12-16)27-8-10-28(11-9-27)25(31)24-17(2)19(14-23(29)30)13-18-6-7-20(26)15-22(18)24/h3-7,12-13,15H,8-11,14H2,1-2H3,(H,29,30). The minimum absolute atomic E-state index is 0.177. The summed E-state index contributed by atoms with van der Waals surface area (Å²) in [6, 6.07) is 14.3. The zero-order chi connectivity index (χ0) is 22.1. The zero-order valence-electron chi connectivity index (χ0n) is 17.7. The van der Waals surface area contributed by atoms with Crippen LogP contribution in [-0.4, -0.2) is 48.1 Å². The molecule has 0 unspecified atom stereocenters. The Balaban J connectivity index is 1.65. The van der Waals surface area contributed by atoms with E-state index in [-0.39, 0.29) is 12.3 Å². The van der Waals surface area contributed by atoms with Crippen LogP contribution in [0.1, 0.15) is 27.0 Å². The van der Waals surface area contributed by atoms with E-state index in [0.717, 1.165) is 5.69 Å². The average Bonchev–Trinajstić information content (AvgIpc) is 2.74. The van der Waals surface area contributed by atoms with E-state index in [1.165, 1.54) is 17.7 Å². The summed E-state index contributed by atoms with van der Waals surface area (Å²) in [6.07, 6.45) is -0.180. The number of fused-ring (bicyclic) bond motifs is 1. The fraction of sp³-hybridized carbons (Fsp3) is 0.280. The second kappa shape index (κ2) is 8.38. The molecule has 1 aliphatic rings. The summed E-state index contributed by atoms with van der Waals surface area (Å²) < 4.78 is 14.0. The number of carboxylic acids is 1. The number of aliphatic carboxylic acids is 1. The number of amides is 1. The maximum atomic E-state index is 14.0. The Morgan fingerprint density at radius 2 is 1.74 bits per heavy atom. The summed E-state index contributed by atoms with van der Waals surface area (Å²) in [6.45, 7) is 6.31. The molecule has 3 aromatic carbocycles. The van der Waals surface area contributed by atoms with E-state index in [4.69, 9.17) is 0 Å². The van der Waals surface area contributed by atoms with Gasteiger partial charge in [0.05, 0.1) is 12.0 Å². The Labute approximate surface area is 180 Å². The van der Waals surface area contributed by atoms with E-state index in [1.54, 1.807) is 24.0 Å². The predicted molar refractivity (Wildman–Crippen MR) is 119 cm³/mol. The highest BCUT2D eigenvalue weighted by molar-refractivity contribution is 6.09. The molecular weight excluding hydrogens is 395 g/mol. The largest absolute Gasteiger partial charge is 0.481 e. The van der Waals surface area contributed by atoms with Crippen molar-refractivity contribution < 1.29 is 19.1 Å². The third-order valence-corrected chi connectivity index (χ3v) is 5.96. The van der Waals surface area contributed by atoms with Gasteiger partial charge in [0.25, 0.3) is 5.91 Å². The molecule has 0 bridgehead atoms. The van der Waals surface area contributed by atoms with E-state index < -0.39 is 11.8 Å². The van der Waals surface area contributed by atoms with Crippen LogP contribution in [-0.2, 0) is 11.2 Å². The first kappa shape index (κ1) is 20.8. The smallest absolute Gasteiger partial charge is 0.307 e. The van der Waals surface area contributed by atoms with Crippen molar-refractivity contribution in [2.24, 2.45) is 0 Å². The molecule has 31 heavy (non-hydrogen) atoms. The second-order valence-electron chi connectivity index (χ2n) is 8.09. The molecule has 0 atom stereocenters. The number of hydrogen-bond acceptors (Lipinski definition) is 3. The van der Waals surface area contributed by atoms with Crippen molar-refractivity contribution >= 4 is 28.3 Å². The molecule has 4 rings (SSSR count). The van der Waals surface area contributed by atoms with Gasteiger partial charge >= 0.3 is 5.97 Å². The Hall–Kier alpha value is -3.41. The summed E-state index contributed by atoms with van der Waals surface area (Å²) >= 11 is 0. The van der Waals surface area contributed by atoms with Crippen LogP contribution < -0.4 is 4.90 Å². The number of aryl methyl sites for hydroxylation is 1. The molecule has 5 nitrogen and oxygen atoms in total. The monoisotopic (exact) mass is 420 g/mol. The highest BCUT2D eigenvalue weighted by Gasteiger charge is 2.26. The number of piperazine rings is 1. The molecule has 6 heteroatoms. The van der Waals surface area contributed by atoms with Gasteiger partial charge in [-0.1, -0.05) is 24.3 Å². The van der Waals surface area contributed by atoms with Crippen LogP contribution in [0.4, 0.5) is 10.1 Å². The molecule has 1 saturated heterocycles. The first-order valence-electron chi connectivity index (χ1n) is 10.4. The number of carbonyl (C=O) groups excluding carboxylic acids is 1. The maximum Gasteiger partial charge on any atom is 0.307 e. The van der Waals surface area contributed by atoms with Crippen LogP contribution in [0.5, 0.6) is 0 Å². The summed E-state index contributed by atoms with van der Waals surface area (Å²) in [5, 5.41) is 10.5. The third-order valence-electron chi connectivity index (χ3n) is 5.96. The lowest BCUT2D eigenvalue weighted by atomic mass is 9.92. The SMILES string of the molecule is Cc1cccc(N2CCN(C(=O)c3c(C)c(CC(=O)O)cc4ccc(F)cc34)CC2)c1. The van der Waals surface area contributed by atoms with Crippen LogP contribution in [0.25, 0.3) is 10.8 Å². The van der Waals surface area contributed by atoms with E-state index in [9.17, 15) is 19.1 Å². The van der Waals surface area contributed by atoms with E-state index in [0.29, 0.717) is 53.6 Å². The highest BCUT2D eigenvalue weighted by atomic mass is 19.1. The Bertz CT molecular complexity index is 1170. The van der Waals surface area contributed by atoms with Gasteiger partial charge in [-0.25, -0.2) is 4.39 Å². The number of halogens is 1. The molecule has 0 saturated carbocycles. The molecule has 0 spiro atoms. The van der Waals surface area contributed by atoms with Crippen molar-refractivity contribution in [3.05, 3.63) is 76.6 Å². The van der Waals surface area contributed by atoms with Gasteiger partial charge in [-0.15, -0.1) is 0 Å². The van der Waals surface area contributed by atoms with E-state index in [1.807, 2.05) is 6.07 Å². The Kier molecular flexibility index (Phi) is 5.63. The average molecular weight is 420 g/mol. The minimum atomic E-state index is -0.963. The summed E-state index contributed by atoms with van der Waals surface area (Å²) in [5.41, 5.74) is 3.91. The number of carbonyl (C=O) groups is 2. The van der Waals surface area contributed by atoms with Gasteiger partial charge < -0.3 is 14.9 Å². The Morgan fingerprint density at radius 1 is 1.00 bits per heavy atom. The van der Waals surface area contributed by atoms with Crippen molar-refractivity contribution in [3.63, 3.8) is 0 Å². The lowest BCUT2D eigenvalue weighted by molar-refractivity contribution is -0.136. The molecule has 3 aromatic rings. The first-order chi connectivity index (χ1) is 14.8. The van der Waals surface area contributed by atoms with Crippen LogP contribution in [0.3, 0.4) is 0 Å².